The molecule has 21 heavy (non-hydrogen) atoms. The standard InChI is InChI=1S/C15H12BrF2NOS/c1-9-2-3-10(6-12(9)16)19-15(20)8-21-11-4-5-13(17)14(18)7-11/h2-7H,8H2,1H3,(H,19,20). The van der Waals surface area contributed by atoms with Crippen molar-refractivity contribution in [2.75, 3.05) is 11.1 Å². The normalized spacial score (nSPS) is 10.5. The predicted molar refractivity (Wildman–Crippen MR) is 84.6 cm³/mol. The van der Waals surface area contributed by atoms with Crippen molar-refractivity contribution >= 4 is 39.3 Å². The van der Waals surface area contributed by atoms with Gasteiger partial charge in [-0.05, 0) is 42.8 Å². The van der Waals surface area contributed by atoms with E-state index in [0.29, 0.717) is 10.6 Å². The quantitative estimate of drug-likeness (QED) is 0.784. The van der Waals surface area contributed by atoms with Gasteiger partial charge in [0.25, 0.3) is 0 Å². The number of hydrogen-bond acceptors (Lipinski definition) is 2. The van der Waals surface area contributed by atoms with Crippen LogP contribution in [0.2, 0.25) is 0 Å². The van der Waals surface area contributed by atoms with Crippen molar-refractivity contribution in [2.24, 2.45) is 0 Å². The van der Waals surface area contributed by atoms with Crippen LogP contribution in [0.1, 0.15) is 5.56 Å². The highest BCUT2D eigenvalue weighted by Gasteiger charge is 2.07. The largest absolute Gasteiger partial charge is 0.325 e. The number of carbonyl (C=O) groups is 1. The average Bonchev–Trinajstić information content (AvgIpc) is 2.44. The zero-order chi connectivity index (χ0) is 15.4. The molecule has 0 fully saturated rings. The summed E-state index contributed by atoms with van der Waals surface area (Å²) >= 11 is 4.54. The smallest absolute Gasteiger partial charge is 0.234 e. The van der Waals surface area contributed by atoms with Crippen molar-refractivity contribution in [3.8, 4) is 0 Å². The molecule has 6 heteroatoms. The van der Waals surface area contributed by atoms with Gasteiger partial charge in [-0.3, -0.25) is 4.79 Å². The van der Waals surface area contributed by atoms with Crippen molar-refractivity contribution in [1.29, 1.82) is 0 Å². The Bertz CT molecular complexity index is 679. The van der Waals surface area contributed by atoms with Gasteiger partial charge in [0, 0.05) is 15.1 Å². The third-order valence-corrected chi connectivity index (χ3v) is 4.56. The Morgan fingerprint density at radius 3 is 2.62 bits per heavy atom. The van der Waals surface area contributed by atoms with E-state index in [1.165, 1.54) is 6.07 Å². The summed E-state index contributed by atoms with van der Waals surface area (Å²) in [5, 5.41) is 2.75. The molecule has 0 aliphatic rings. The first-order valence-electron chi connectivity index (χ1n) is 6.09. The molecule has 2 aromatic carbocycles. The second kappa shape index (κ2) is 7.04. The summed E-state index contributed by atoms with van der Waals surface area (Å²) < 4.78 is 26.7. The number of carbonyl (C=O) groups excluding carboxylic acids is 1. The van der Waals surface area contributed by atoms with Crippen LogP contribution >= 0.6 is 27.7 Å². The molecule has 0 unspecified atom stereocenters. The number of hydrogen-bond donors (Lipinski definition) is 1. The van der Waals surface area contributed by atoms with Gasteiger partial charge in [-0.25, -0.2) is 8.78 Å². The lowest BCUT2D eigenvalue weighted by atomic mass is 10.2. The maximum Gasteiger partial charge on any atom is 0.234 e. The third kappa shape index (κ3) is 4.54. The fourth-order valence-corrected chi connectivity index (χ4v) is 2.68. The van der Waals surface area contributed by atoms with E-state index in [1.54, 1.807) is 6.07 Å². The molecule has 0 spiro atoms. The molecule has 2 rings (SSSR count). The maximum atomic E-state index is 13.0. The number of aryl methyl sites for hydroxylation is 1. The van der Waals surface area contributed by atoms with Crippen molar-refractivity contribution in [2.45, 2.75) is 11.8 Å². The van der Waals surface area contributed by atoms with E-state index in [2.05, 4.69) is 21.2 Å². The molecule has 0 bridgehead atoms. The minimum absolute atomic E-state index is 0.122. The van der Waals surface area contributed by atoms with Gasteiger partial charge in [0.2, 0.25) is 5.91 Å². The molecule has 2 aromatic rings. The highest BCUT2D eigenvalue weighted by molar-refractivity contribution is 9.10. The number of benzene rings is 2. The molecule has 0 saturated heterocycles. The van der Waals surface area contributed by atoms with Crippen LogP contribution < -0.4 is 5.32 Å². The van der Waals surface area contributed by atoms with E-state index in [9.17, 15) is 13.6 Å². The Hall–Kier alpha value is -1.40. The lowest BCUT2D eigenvalue weighted by Gasteiger charge is -2.07. The predicted octanol–water partition coefficient (Wildman–Crippen LogP) is 4.77. The van der Waals surface area contributed by atoms with Gasteiger partial charge in [-0.2, -0.15) is 0 Å². The van der Waals surface area contributed by atoms with Gasteiger partial charge in [-0.15, -0.1) is 11.8 Å². The van der Waals surface area contributed by atoms with Crippen LogP contribution in [0.5, 0.6) is 0 Å². The fraction of sp³-hybridized carbons (Fsp3) is 0.133. The summed E-state index contributed by atoms with van der Waals surface area (Å²) in [5.41, 5.74) is 1.76. The zero-order valence-electron chi connectivity index (χ0n) is 11.1. The van der Waals surface area contributed by atoms with Crippen molar-refractivity contribution in [3.05, 3.63) is 58.1 Å². The van der Waals surface area contributed by atoms with Crippen molar-refractivity contribution in [1.82, 2.24) is 0 Å². The minimum Gasteiger partial charge on any atom is -0.325 e. The van der Waals surface area contributed by atoms with Gasteiger partial charge in [-0.1, -0.05) is 22.0 Å². The Kier molecular flexibility index (Phi) is 5.36. The first-order valence-corrected chi connectivity index (χ1v) is 7.87. The number of amides is 1. The first-order chi connectivity index (χ1) is 9.95. The third-order valence-electron chi connectivity index (χ3n) is 2.72. The van der Waals surface area contributed by atoms with E-state index >= 15 is 0 Å². The van der Waals surface area contributed by atoms with Crippen molar-refractivity contribution in [3.63, 3.8) is 0 Å². The number of nitrogens with one attached hydrogen (secondary N) is 1. The Morgan fingerprint density at radius 1 is 1.19 bits per heavy atom. The lowest BCUT2D eigenvalue weighted by Crippen LogP contribution is -2.14. The second-order valence-corrected chi connectivity index (χ2v) is 6.28. The van der Waals surface area contributed by atoms with Crippen LogP contribution in [-0.4, -0.2) is 11.7 Å². The molecule has 0 aromatic heterocycles. The average molecular weight is 372 g/mol. The molecule has 110 valence electrons. The monoisotopic (exact) mass is 371 g/mol. The summed E-state index contributed by atoms with van der Waals surface area (Å²) in [4.78, 5) is 12.3. The Balaban J connectivity index is 1.92. The molecule has 1 amide bonds. The molecule has 0 aliphatic carbocycles. The maximum absolute atomic E-state index is 13.0. The summed E-state index contributed by atoms with van der Waals surface area (Å²) in [6.45, 7) is 1.95. The van der Waals surface area contributed by atoms with Gasteiger partial charge >= 0.3 is 0 Å². The van der Waals surface area contributed by atoms with Crippen molar-refractivity contribution < 1.29 is 13.6 Å². The van der Waals surface area contributed by atoms with E-state index < -0.39 is 11.6 Å². The van der Waals surface area contributed by atoms with Gasteiger partial charge in [0.15, 0.2) is 11.6 Å². The molecule has 0 atom stereocenters. The summed E-state index contributed by atoms with van der Waals surface area (Å²) in [6.07, 6.45) is 0. The summed E-state index contributed by atoms with van der Waals surface area (Å²) in [7, 11) is 0. The number of halogens is 3. The summed E-state index contributed by atoms with van der Waals surface area (Å²) in [6, 6.07) is 9.08. The number of thioether (sulfide) groups is 1. The van der Waals surface area contributed by atoms with Crippen LogP contribution in [0.25, 0.3) is 0 Å². The minimum atomic E-state index is -0.914. The molecule has 2 nitrogen and oxygen atoms in total. The Labute approximate surface area is 134 Å². The van der Waals surface area contributed by atoms with Gasteiger partial charge < -0.3 is 5.32 Å². The fourth-order valence-electron chi connectivity index (χ4n) is 1.58. The van der Waals surface area contributed by atoms with Crippen LogP contribution in [0.3, 0.4) is 0 Å². The molecular weight excluding hydrogens is 360 g/mol. The van der Waals surface area contributed by atoms with Crippen LogP contribution in [0.15, 0.2) is 45.8 Å². The highest BCUT2D eigenvalue weighted by Crippen LogP contribution is 2.22. The summed E-state index contributed by atoms with van der Waals surface area (Å²) in [5.74, 6) is -1.90. The molecule has 1 N–H and O–H groups in total. The molecular formula is C15H12BrF2NOS. The SMILES string of the molecule is Cc1ccc(NC(=O)CSc2ccc(F)c(F)c2)cc1Br. The second-order valence-electron chi connectivity index (χ2n) is 4.38. The van der Waals surface area contributed by atoms with Crippen LogP contribution in [-0.2, 0) is 4.79 Å². The van der Waals surface area contributed by atoms with Crippen LogP contribution in [0, 0.1) is 18.6 Å². The van der Waals surface area contributed by atoms with Crippen LogP contribution in [0.4, 0.5) is 14.5 Å². The van der Waals surface area contributed by atoms with Gasteiger partial charge in [0.05, 0.1) is 5.75 Å². The Morgan fingerprint density at radius 2 is 1.95 bits per heavy atom. The number of rotatable bonds is 4. The molecule has 0 radical (unpaired) electrons. The van der Waals surface area contributed by atoms with E-state index in [0.717, 1.165) is 33.9 Å². The van der Waals surface area contributed by atoms with E-state index in [-0.39, 0.29) is 11.7 Å². The molecule has 0 saturated carbocycles. The molecule has 0 heterocycles. The van der Waals surface area contributed by atoms with E-state index in [4.69, 9.17) is 0 Å². The molecule has 0 aliphatic heterocycles. The first kappa shape index (κ1) is 16.0. The topological polar surface area (TPSA) is 29.1 Å². The van der Waals surface area contributed by atoms with Gasteiger partial charge in [0.1, 0.15) is 0 Å². The van der Waals surface area contributed by atoms with E-state index in [1.807, 2.05) is 19.1 Å². The zero-order valence-corrected chi connectivity index (χ0v) is 13.5. The highest BCUT2D eigenvalue weighted by atomic mass is 79.9. The lowest BCUT2D eigenvalue weighted by molar-refractivity contribution is -0.113. The number of anilines is 1.